The lowest BCUT2D eigenvalue weighted by molar-refractivity contribution is 0.0983. The third-order valence-corrected chi connectivity index (χ3v) is 6.93. The summed E-state index contributed by atoms with van der Waals surface area (Å²) in [5, 5.41) is 0.659. The minimum atomic E-state index is -0.119. The summed E-state index contributed by atoms with van der Waals surface area (Å²) in [4.78, 5) is 22.7. The second-order valence-corrected chi connectivity index (χ2v) is 8.75. The molecule has 0 radical (unpaired) electrons. The van der Waals surface area contributed by atoms with Crippen LogP contribution >= 0.6 is 11.3 Å². The number of carbonyl (C=O) groups excluding carboxylic acids is 1. The lowest BCUT2D eigenvalue weighted by Crippen LogP contribution is -2.38. The highest BCUT2D eigenvalue weighted by Gasteiger charge is 2.24. The first-order chi connectivity index (χ1) is 16.5. The van der Waals surface area contributed by atoms with Crippen molar-refractivity contribution in [3.8, 4) is 17.2 Å². The van der Waals surface area contributed by atoms with Crippen LogP contribution in [0.5, 0.6) is 17.2 Å². The maximum atomic E-state index is 13.8. The number of nitrogens with zero attached hydrogens (tertiary/aromatic N) is 3. The number of methoxy groups -OCH3 is 1. The maximum Gasteiger partial charge on any atom is 0.260 e. The number of aryl methyl sites for hydroxylation is 1. The highest BCUT2D eigenvalue weighted by molar-refractivity contribution is 7.22. The SMILES string of the molecule is CCOc1ccc(C(=O)N(CCN(CC)CC)c2nc3c(OC)ccc(C)c3s2)cc1OCC. The van der Waals surface area contributed by atoms with Gasteiger partial charge < -0.3 is 19.1 Å². The van der Waals surface area contributed by atoms with Crippen molar-refractivity contribution >= 4 is 32.6 Å². The number of hydrogen-bond donors (Lipinski definition) is 0. The van der Waals surface area contributed by atoms with Crippen molar-refractivity contribution < 1.29 is 19.0 Å². The molecule has 0 bridgehead atoms. The van der Waals surface area contributed by atoms with Gasteiger partial charge in [-0.15, -0.1) is 0 Å². The molecule has 0 N–H and O–H groups in total. The molecule has 0 atom stereocenters. The zero-order chi connectivity index (χ0) is 24.7. The molecule has 3 aromatic rings. The van der Waals surface area contributed by atoms with Crippen LogP contribution in [-0.4, -0.2) is 62.3 Å². The van der Waals surface area contributed by atoms with Crippen molar-refractivity contribution in [3.63, 3.8) is 0 Å². The van der Waals surface area contributed by atoms with E-state index in [0.29, 0.717) is 47.7 Å². The van der Waals surface area contributed by atoms with E-state index in [1.165, 1.54) is 11.3 Å². The van der Waals surface area contributed by atoms with E-state index in [1.807, 2.05) is 32.9 Å². The van der Waals surface area contributed by atoms with Gasteiger partial charge in [-0.2, -0.15) is 0 Å². The van der Waals surface area contributed by atoms with Gasteiger partial charge in [-0.1, -0.05) is 31.3 Å². The molecule has 1 heterocycles. The van der Waals surface area contributed by atoms with Gasteiger partial charge in [-0.05, 0) is 63.7 Å². The molecule has 3 rings (SSSR count). The van der Waals surface area contributed by atoms with Crippen LogP contribution in [0.3, 0.4) is 0 Å². The predicted octanol–water partition coefficient (Wildman–Crippen LogP) is 5.40. The summed E-state index contributed by atoms with van der Waals surface area (Å²) in [5.74, 6) is 1.79. The summed E-state index contributed by atoms with van der Waals surface area (Å²) in [7, 11) is 1.64. The van der Waals surface area contributed by atoms with Crippen LogP contribution < -0.4 is 19.1 Å². The van der Waals surface area contributed by atoms with Crippen LogP contribution in [0.15, 0.2) is 30.3 Å². The normalized spacial score (nSPS) is 11.1. The van der Waals surface area contributed by atoms with E-state index in [1.54, 1.807) is 30.2 Å². The van der Waals surface area contributed by atoms with E-state index >= 15 is 0 Å². The van der Waals surface area contributed by atoms with Gasteiger partial charge >= 0.3 is 0 Å². The van der Waals surface area contributed by atoms with Crippen molar-refractivity contribution in [3.05, 3.63) is 41.5 Å². The molecule has 0 saturated heterocycles. The van der Waals surface area contributed by atoms with Crippen LogP contribution in [0.25, 0.3) is 10.2 Å². The zero-order valence-electron chi connectivity index (χ0n) is 21.0. The minimum absolute atomic E-state index is 0.119. The van der Waals surface area contributed by atoms with Gasteiger partial charge in [0.15, 0.2) is 16.6 Å². The molecule has 7 nitrogen and oxygen atoms in total. The number of ether oxygens (including phenoxy) is 3. The number of amides is 1. The highest BCUT2D eigenvalue weighted by Crippen LogP contribution is 2.37. The summed E-state index contributed by atoms with van der Waals surface area (Å²) < 4.78 is 18.0. The molecule has 0 spiro atoms. The van der Waals surface area contributed by atoms with Crippen molar-refractivity contribution in [2.45, 2.75) is 34.6 Å². The topological polar surface area (TPSA) is 64.1 Å². The van der Waals surface area contributed by atoms with Gasteiger partial charge in [0.1, 0.15) is 11.3 Å². The van der Waals surface area contributed by atoms with Crippen LogP contribution in [0.4, 0.5) is 5.13 Å². The number of fused-ring (bicyclic) bond motifs is 1. The Morgan fingerprint density at radius 1 is 0.941 bits per heavy atom. The Morgan fingerprint density at radius 3 is 2.26 bits per heavy atom. The number of aromatic nitrogens is 1. The minimum Gasteiger partial charge on any atom is -0.494 e. The number of rotatable bonds is 12. The first-order valence-corrected chi connectivity index (χ1v) is 12.7. The molecular weight excluding hydrogens is 450 g/mol. The molecule has 2 aromatic carbocycles. The quantitative estimate of drug-likeness (QED) is 0.342. The fourth-order valence-electron chi connectivity index (χ4n) is 3.78. The molecule has 0 aliphatic rings. The highest BCUT2D eigenvalue weighted by atomic mass is 32.1. The first kappa shape index (κ1) is 25.8. The van der Waals surface area contributed by atoms with Gasteiger partial charge in [-0.25, -0.2) is 4.98 Å². The fraction of sp³-hybridized carbons (Fsp3) is 0.462. The average Bonchev–Trinajstić information content (AvgIpc) is 3.29. The lowest BCUT2D eigenvalue weighted by Gasteiger charge is -2.25. The summed E-state index contributed by atoms with van der Waals surface area (Å²) in [6.07, 6.45) is 0. The van der Waals surface area contributed by atoms with E-state index in [0.717, 1.165) is 35.4 Å². The maximum absolute atomic E-state index is 13.8. The number of hydrogen-bond acceptors (Lipinski definition) is 7. The number of likely N-dealkylation sites (N-methyl/N-ethyl adjacent to an activating group) is 1. The van der Waals surface area contributed by atoms with Gasteiger partial charge in [-0.3, -0.25) is 9.69 Å². The molecule has 0 unspecified atom stereocenters. The molecule has 1 aromatic heterocycles. The van der Waals surface area contributed by atoms with Gasteiger partial charge in [0.05, 0.1) is 25.0 Å². The summed E-state index contributed by atoms with van der Waals surface area (Å²) >= 11 is 1.52. The Balaban J connectivity index is 2.04. The molecule has 34 heavy (non-hydrogen) atoms. The number of anilines is 1. The van der Waals surface area contributed by atoms with E-state index in [2.05, 4.69) is 18.7 Å². The molecule has 184 valence electrons. The number of carbonyl (C=O) groups is 1. The van der Waals surface area contributed by atoms with Gasteiger partial charge in [0.25, 0.3) is 5.91 Å². The van der Waals surface area contributed by atoms with Crippen LogP contribution in [-0.2, 0) is 0 Å². The first-order valence-electron chi connectivity index (χ1n) is 11.8. The Labute approximate surface area is 206 Å². The van der Waals surface area contributed by atoms with Crippen molar-refractivity contribution in [1.82, 2.24) is 9.88 Å². The second kappa shape index (κ2) is 12.0. The average molecular weight is 486 g/mol. The second-order valence-electron chi connectivity index (χ2n) is 7.77. The van der Waals surface area contributed by atoms with Crippen LogP contribution in [0.1, 0.15) is 43.6 Å². The third-order valence-electron chi connectivity index (χ3n) is 5.71. The number of benzene rings is 2. The molecule has 0 fully saturated rings. The molecule has 0 aliphatic heterocycles. The standard InChI is InChI=1S/C26H35N3O4S/c1-7-28(8-2)15-16-29(26-27-23-21(31-6)13-11-18(5)24(23)34-26)25(30)19-12-14-20(32-9-3)22(17-19)33-10-4/h11-14,17H,7-10,15-16H2,1-6H3. The van der Waals surface area contributed by atoms with Crippen molar-refractivity contribution in [2.24, 2.45) is 0 Å². The fourth-order valence-corrected chi connectivity index (χ4v) is 4.86. The van der Waals surface area contributed by atoms with E-state index in [4.69, 9.17) is 19.2 Å². The van der Waals surface area contributed by atoms with Gasteiger partial charge in [0, 0.05) is 18.7 Å². The summed E-state index contributed by atoms with van der Waals surface area (Å²) in [5.41, 5.74) is 2.43. The van der Waals surface area contributed by atoms with E-state index < -0.39 is 0 Å². The van der Waals surface area contributed by atoms with Crippen molar-refractivity contribution in [1.29, 1.82) is 0 Å². The van der Waals surface area contributed by atoms with Gasteiger partial charge in [0.2, 0.25) is 0 Å². The monoisotopic (exact) mass is 485 g/mol. The van der Waals surface area contributed by atoms with E-state index in [9.17, 15) is 4.79 Å². The third kappa shape index (κ3) is 5.62. The molecule has 0 saturated carbocycles. The predicted molar refractivity (Wildman–Crippen MR) is 139 cm³/mol. The largest absolute Gasteiger partial charge is 0.494 e. The van der Waals surface area contributed by atoms with Crippen LogP contribution in [0, 0.1) is 6.92 Å². The Kier molecular flexibility index (Phi) is 9.12. The molecular formula is C26H35N3O4S. The Bertz CT molecular complexity index is 1110. The van der Waals surface area contributed by atoms with E-state index in [-0.39, 0.29) is 5.91 Å². The van der Waals surface area contributed by atoms with Crippen molar-refractivity contribution in [2.75, 3.05) is 51.4 Å². The van der Waals surface area contributed by atoms with Crippen LogP contribution in [0.2, 0.25) is 0 Å². The summed E-state index contributed by atoms with van der Waals surface area (Å²) in [6.45, 7) is 14.3. The Morgan fingerprint density at radius 2 is 1.62 bits per heavy atom. The lowest BCUT2D eigenvalue weighted by atomic mass is 10.1. The molecule has 8 heteroatoms. The number of thiazole rings is 1. The molecule has 0 aliphatic carbocycles. The summed E-state index contributed by atoms with van der Waals surface area (Å²) in [6, 6.07) is 9.30. The molecule has 1 amide bonds. The smallest absolute Gasteiger partial charge is 0.260 e. The Hall–Kier alpha value is -2.84. The zero-order valence-corrected chi connectivity index (χ0v) is 21.8.